The van der Waals surface area contributed by atoms with Gasteiger partial charge in [0.25, 0.3) is 0 Å². The zero-order valence-corrected chi connectivity index (χ0v) is 26.6. The second-order valence-corrected chi connectivity index (χ2v) is 11.7. The Morgan fingerprint density at radius 1 is 0.622 bits per heavy atom. The van der Waals surface area contributed by atoms with E-state index in [1.54, 1.807) is 18.2 Å². The maximum absolute atomic E-state index is 12.7. The minimum Gasteiger partial charge on any atom is -0.340 e. The number of fused-ring (bicyclic) bond motifs is 2. The van der Waals surface area contributed by atoms with E-state index < -0.39 is 0 Å². The molecule has 0 saturated carbocycles. The number of anilines is 6. The molecule has 0 atom stereocenters. The Morgan fingerprint density at radius 3 is 1.93 bits per heavy atom. The number of hydrogen-bond acceptors (Lipinski definition) is 8. The molecule has 2 aromatic heterocycles. The van der Waals surface area contributed by atoms with Crippen molar-refractivity contribution in [1.29, 1.82) is 0 Å². The van der Waals surface area contributed by atoms with E-state index in [2.05, 4.69) is 73.1 Å². The molecule has 0 fully saturated rings. The van der Waals surface area contributed by atoms with Gasteiger partial charge in [0.1, 0.15) is 24.3 Å². The summed E-state index contributed by atoms with van der Waals surface area (Å²) in [6.45, 7) is 0. The Labute approximate surface area is 274 Å². The molecule has 0 aliphatic heterocycles. The summed E-state index contributed by atoms with van der Waals surface area (Å²) in [4.78, 5) is 42.7. The molecule has 0 unspecified atom stereocenters. The van der Waals surface area contributed by atoms with Crippen LogP contribution in [0.2, 0.25) is 0 Å². The van der Waals surface area contributed by atoms with Crippen molar-refractivity contribution in [2.75, 3.05) is 21.3 Å². The summed E-state index contributed by atoms with van der Waals surface area (Å²) in [6, 6.07) is 26.3. The van der Waals surface area contributed by atoms with Crippen molar-refractivity contribution in [1.82, 2.24) is 19.9 Å². The molecule has 2 amide bonds. The maximum atomic E-state index is 12.7. The molecule has 222 valence electrons. The lowest BCUT2D eigenvalue weighted by Gasteiger charge is -2.10. The number of amides is 2. The fourth-order valence-electron chi connectivity index (χ4n) is 4.54. The minimum absolute atomic E-state index is 0.00940. The normalized spacial score (nSPS) is 11.1. The predicted molar refractivity (Wildman–Crippen MR) is 185 cm³/mol. The van der Waals surface area contributed by atoms with Crippen LogP contribution in [0.25, 0.3) is 21.8 Å². The van der Waals surface area contributed by atoms with Crippen LogP contribution in [-0.4, -0.2) is 31.8 Å². The molecule has 0 aliphatic carbocycles. The molecule has 0 aliphatic rings. The van der Waals surface area contributed by atoms with Gasteiger partial charge in [-0.2, -0.15) is 0 Å². The van der Waals surface area contributed by atoms with Crippen LogP contribution in [0.5, 0.6) is 0 Å². The second kappa shape index (κ2) is 13.6. The molecule has 45 heavy (non-hydrogen) atoms. The van der Waals surface area contributed by atoms with Crippen LogP contribution in [0.15, 0.2) is 119 Å². The summed E-state index contributed by atoms with van der Waals surface area (Å²) in [7, 11) is 0. The molecule has 0 radical (unpaired) electrons. The summed E-state index contributed by atoms with van der Waals surface area (Å²) in [6.07, 6.45) is 5.81. The van der Waals surface area contributed by atoms with E-state index in [4.69, 9.17) is 0 Å². The van der Waals surface area contributed by atoms with E-state index >= 15 is 0 Å². The summed E-state index contributed by atoms with van der Waals surface area (Å²) >= 11 is 6.94. The monoisotopic (exact) mass is 722 g/mol. The zero-order valence-electron chi connectivity index (χ0n) is 23.5. The summed E-state index contributed by atoms with van der Waals surface area (Å²) in [5.41, 5.74) is 4.29. The van der Waals surface area contributed by atoms with Crippen molar-refractivity contribution in [2.24, 2.45) is 0 Å². The third-order valence-corrected chi connectivity index (χ3v) is 7.56. The summed E-state index contributed by atoms with van der Waals surface area (Å²) < 4.78 is 1.89. The Hall–Kier alpha value is -5.20. The Bertz CT molecular complexity index is 2090. The highest BCUT2D eigenvalue weighted by Gasteiger charge is 2.09. The van der Waals surface area contributed by atoms with Crippen molar-refractivity contribution in [3.05, 3.63) is 119 Å². The third-order valence-electron chi connectivity index (χ3n) is 6.57. The van der Waals surface area contributed by atoms with Gasteiger partial charge in [0.05, 0.1) is 11.0 Å². The lowest BCUT2D eigenvalue weighted by atomic mass is 10.2. The van der Waals surface area contributed by atoms with Crippen molar-refractivity contribution >= 4 is 99.9 Å². The quantitative estimate of drug-likeness (QED) is 0.110. The van der Waals surface area contributed by atoms with Crippen molar-refractivity contribution in [3.63, 3.8) is 0 Å². The average Bonchev–Trinajstić information content (AvgIpc) is 3.01. The first-order valence-electron chi connectivity index (χ1n) is 13.7. The van der Waals surface area contributed by atoms with Crippen LogP contribution < -0.4 is 21.3 Å². The standard InChI is InChI=1S/C33H24Br2N8O2/c34-20-4-1-6-22(14-20)42-32-26-12-10-25(17-29(26)37-19-38-32)41-31(45)9-3-8-30(44)40-24-11-13-28-27(16-24)33(39-18-36-28)43-23-7-2-5-21(35)15-23/h1-7,9-19H,8H2,(H,40,44)(H,41,45)(H,36,39,43)(H,37,38,42)/b9-3+. The molecule has 6 rings (SSSR count). The van der Waals surface area contributed by atoms with Gasteiger partial charge in [0, 0.05) is 48.9 Å². The number of aromatic nitrogens is 4. The van der Waals surface area contributed by atoms with Gasteiger partial charge in [-0.05, 0) is 78.9 Å². The van der Waals surface area contributed by atoms with Gasteiger partial charge in [0.2, 0.25) is 11.8 Å². The van der Waals surface area contributed by atoms with E-state index in [-0.39, 0.29) is 18.2 Å². The summed E-state index contributed by atoms with van der Waals surface area (Å²) in [5, 5.41) is 13.8. The Kier molecular flexibility index (Phi) is 9.04. The Morgan fingerprint density at radius 2 is 1.24 bits per heavy atom. The number of hydrogen-bond donors (Lipinski definition) is 4. The molecule has 6 aromatic rings. The zero-order chi connectivity index (χ0) is 31.2. The van der Waals surface area contributed by atoms with Gasteiger partial charge in [-0.25, -0.2) is 19.9 Å². The van der Waals surface area contributed by atoms with Crippen LogP contribution in [0.3, 0.4) is 0 Å². The predicted octanol–water partition coefficient (Wildman–Crippen LogP) is 8.11. The van der Waals surface area contributed by atoms with E-state index in [1.807, 2.05) is 66.7 Å². The van der Waals surface area contributed by atoms with Crippen LogP contribution in [-0.2, 0) is 9.59 Å². The molecule has 4 N–H and O–H groups in total. The molecule has 0 saturated heterocycles. The number of carbonyl (C=O) groups is 2. The van der Waals surface area contributed by atoms with Crippen molar-refractivity contribution < 1.29 is 9.59 Å². The number of rotatable bonds is 9. The van der Waals surface area contributed by atoms with Crippen LogP contribution in [0, 0.1) is 0 Å². The minimum atomic E-state index is -0.366. The first-order valence-corrected chi connectivity index (χ1v) is 15.3. The number of halogens is 2. The summed E-state index contributed by atoms with van der Waals surface area (Å²) in [5.74, 6) is 0.625. The number of carbonyl (C=O) groups excluding carboxylic acids is 2. The number of nitrogens with one attached hydrogen (secondary N) is 4. The maximum Gasteiger partial charge on any atom is 0.248 e. The largest absolute Gasteiger partial charge is 0.340 e. The van der Waals surface area contributed by atoms with Crippen molar-refractivity contribution in [3.8, 4) is 0 Å². The average molecular weight is 724 g/mol. The second-order valence-electron chi connectivity index (χ2n) is 9.82. The lowest BCUT2D eigenvalue weighted by molar-refractivity contribution is -0.115. The molecule has 0 spiro atoms. The van der Waals surface area contributed by atoms with Gasteiger partial charge in [-0.3, -0.25) is 9.59 Å². The van der Waals surface area contributed by atoms with Gasteiger partial charge in [-0.1, -0.05) is 50.1 Å². The van der Waals surface area contributed by atoms with Gasteiger partial charge >= 0.3 is 0 Å². The molecular formula is C33H24Br2N8O2. The molecule has 10 nitrogen and oxygen atoms in total. The van der Waals surface area contributed by atoms with Crippen LogP contribution in [0.4, 0.5) is 34.4 Å². The third kappa shape index (κ3) is 7.66. The lowest BCUT2D eigenvalue weighted by Crippen LogP contribution is -2.11. The van der Waals surface area contributed by atoms with Gasteiger partial charge in [0.15, 0.2) is 0 Å². The van der Waals surface area contributed by atoms with E-state index in [0.717, 1.165) is 36.6 Å². The highest BCUT2D eigenvalue weighted by molar-refractivity contribution is 9.10. The topological polar surface area (TPSA) is 134 Å². The molecular weight excluding hydrogens is 700 g/mol. The van der Waals surface area contributed by atoms with E-state index in [1.165, 1.54) is 24.8 Å². The van der Waals surface area contributed by atoms with Crippen molar-refractivity contribution in [2.45, 2.75) is 6.42 Å². The van der Waals surface area contributed by atoms with Crippen LogP contribution in [0.1, 0.15) is 6.42 Å². The highest BCUT2D eigenvalue weighted by atomic mass is 79.9. The van der Waals surface area contributed by atoms with Gasteiger partial charge in [-0.15, -0.1) is 0 Å². The molecule has 12 heteroatoms. The fourth-order valence-corrected chi connectivity index (χ4v) is 5.34. The van der Waals surface area contributed by atoms with E-state index in [9.17, 15) is 9.59 Å². The molecule has 0 bridgehead atoms. The molecule has 2 heterocycles. The molecule has 4 aromatic carbocycles. The fraction of sp³-hybridized carbons (Fsp3) is 0.0303. The first-order chi connectivity index (χ1) is 21.9. The number of benzene rings is 4. The first kappa shape index (κ1) is 29.9. The highest BCUT2D eigenvalue weighted by Crippen LogP contribution is 2.28. The van der Waals surface area contributed by atoms with E-state index in [0.29, 0.717) is 28.5 Å². The SMILES string of the molecule is O=C(/C=C/CC(=O)Nc1ccc2ncnc(Nc3cccc(Br)c3)c2c1)Nc1ccc2c(Nc3cccc(Br)c3)ncnc2c1. The Balaban J connectivity index is 1.06. The smallest absolute Gasteiger partial charge is 0.248 e. The number of nitrogens with zero attached hydrogens (tertiary/aromatic N) is 4. The van der Waals surface area contributed by atoms with Crippen LogP contribution >= 0.6 is 31.9 Å². The van der Waals surface area contributed by atoms with Gasteiger partial charge < -0.3 is 21.3 Å².